The van der Waals surface area contributed by atoms with Gasteiger partial charge in [-0.25, -0.2) is 4.39 Å². The molecular formula is C17H24FN2O3+. The van der Waals surface area contributed by atoms with Crippen LogP contribution >= 0.6 is 0 Å². The SMILES string of the molecule is CCOC(=O)[C@@H]1CCC[NH+](CC(=O)NCc2ccc(F)cc2)C1. The first kappa shape index (κ1) is 17.4. The summed E-state index contributed by atoms with van der Waals surface area (Å²) in [5.74, 6) is -0.614. The predicted molar refractivity (Wildman–Crippen MR) is 83.2 cm³/mol. The maximum atomic E-state index is 12.8. The first-order valence-electron chi connectivity index (χ1n) is 8.09. The first-order chi connectivity index (χ1) is 11.1. The van der Waals surface area contributed by atoms with E-state index in [2.05, 4.69) is 5.32 Å². The number of rotatable bonds is 6. The zero-order valence-electron chi connectivity index (χ0n) is 13.4. The molecule has 1 aliphatic rings. The lowest BCUT2D eigenvalue weighted by Crippen LogP contribution is -3.14. The summed E-state index contributed by atoms with van der Waals surface area (Å²) in [6.07, 6.45) is 1.75. The number of benzene rings is 1. The Morgan fingerprint density at radius 3 is 2.78 bits per heavy atom. The monoisotopic (exact) mass is 323 g/mol. The molecule has 1 aromatic rings. The highest BCUT2D eigenvalue weighted by atomic mass is 19.1. The van der Waals surface area contributed by atoms with E-state index in [4.69, 9.17) is 4.74 Å². The molecule has 1 saturated heterocycles. The number of carbonyl (C=O) groups is 2. The normalized spacial score (nSPS) is 20.8. The maximum Gasteiger partial charge on any atom is 0.314 e. The van der Waals surface area contributed by atoms with Crippen molar-refractivity contribution in [2.24, 2.45) is 5.92 Å². The third-order valence-electron chi connectivity index (χ3n) is 4.05. The standard InChI is InChI=1S/C17H23FN2O3/c1-2-23-17(22)14-4-3-9-20(11-14)12-16(21)19-10-13-5-7-15(18)8-6-13/h5-8,14H,2-4,9-12H2,1H3,(H,19,21)/p+1/t14-/m1/s1. The van der Waals surface area contributed by atoms with Crippen LogP contribution in [0.4, 0.5) is 4.39 Å². The summed E-state index contributed by atoms with van der Waals surface area (Å²) in [7, 11) is 0. The minimum Gasteiger partial charge on any atom is -0.466 e. The Hall–Kier alpha value is -1.95. The third kappa shape index (κ3) is 5.63. The molecule has 1 fully saturated rings. The Kier molecular flexibility index (Phi) is 6.52. The van der Waals surface area contributed by atoms with Gasteiger partial charge in [0, 0.05) is 6.54 Å². The number of hydrogen-bond donors (Lipinski definition) is 2. The van der Waals surface area contributed by atoms with Crippen molar-refractivity contribution in [1.29, 1.82) is 0 Å². The van der Waals surface area contributed by atoms with Crippen LogP contribution in [0.15, 0.2) is 24.3 Å². The van der Waals surface area contributed by atoms with Crippen LogP contribution in [0, 0.1) is 11.7 Å². The van der Waals surface area contributed by atoms with Crippen LogP contribution in [0.5, 0.6) is 0 Å². The Morgan fingerprint density at radius 1 is 1.35 bits per heavy atom. The maximum absolute atomic E-state index is 12.8. The van der Waals surface area contributed by atoms with E-state index in [0.717, 1.165) is 29.8 Å². The molecule has 5 nitrogen and oxygen atoms in total. The molecular weight excluding hydrogens is 299 g/mol. The fourth-order valence-corrected chi connectivity index (χ4v) is 2.87. The lowest BCUT2D eigenvalue weighted by atomic mass is 9.98. The number of amides is 1. The number of ether oxygens (including phenoxy) is 1. The van der Waals surface area contributed by atoms with Gasteiger partial charge in [0.1, 0.15) is 11.7 Å². The summed E-state index contributed by atoms with van der Waals surface area (Å²) in [4.78, 5) is 24.9. The van der Waals surface area contributed by atoms with Gasteiger partial charge in [-0.2, -0.15) is 0 Å². The second kappa shape index (κ2) is 8.62. The molecule has 1 unspecified atom stereocenters. The number of quaternary nitrogens is 1. The average Bonchev–Trinajstić information content (AvgIpc) is 2.55. The molecule has 1 heterocycles. The molecule has 6 heteroatoms. The summed E-state index contributed by atoms with van der Waals surface area (Å²) in [6, 6.07) is 6.06. The number of piperidine rings is 1. The summed E-state index contributed by atoms with van der Waals surface area (Å²) < 4.78 is 17.9. The largest absolute Gasteiger partial charge is 0.466 e. The van der Waals surface area contributed by atoms with Gasteiger partial charge in [0.25, 0.3) is 5.91 Å². The minimum absolute atomic E-state index is 0.0613. The zero-order chi connectivity index (χ0) is 16.7. The molecule has 1 aliphatic heterocycles. The second-order valence-corrected chi connectivity index (χ2v) is 5.88. The van der Waals surface area contributed by atoms with Gasteiger partial charge in [-0.3, -0.25) is 9.59 Å². The van der Waals surface area contributed by atoms with Gasteiger partial charge in [0.2, 0.25) is 0 Å². The highest BCUT2D eigenvalue weighted by Crippen LogP contribution is 2.09. The third-order valence-corrected chi connectivity index (χ3v) is 4.05. The highest BCUT2D eigenvalue weighted by Gasteiger charge is 2.30. The van der Waals surface area contributed by atoms with Gasteiger partial charge in [-0.05, 0) is 37.5 Å². The van der Waals surface area contributed by atoms with E-state index in [1.165, 1.54) is 12.1 Å². The zero-order valence-corrected chi connectivity index (χ0v) is 13.4. The number of hydrogen-bond acceptors (Lipinski definition) is 3. The summed E-state index contributed by atoms with van der Waals surface area (Å²) in [5, 5.41) is 2.84. The van der Waals surface area contributed by atoms with Gasteiger partial charge in [0.05, 0.1) is 19.7 Å². The van der Waals surface area contributed by atoms with Crippen molar-refractivity contribution >= 4 is 11.9 Å². The van der Waals surface area contributed by atoms with Crippen LogP contribution in [0.2, 0.25) is 0 Å². The average molecular weight is 323 g/mol. The minimum atomic E-state index is -0.289. The number of carbonyl (C=O) groups excluding carboxylic acids is 2. The van der Waals surface area contributed by atoms with E-state index in [9.17, 15) is 14.0 Å². The molecule has 2 N–H and O–H groups in total. The number of nitrogens with one attached hydrogen (secondary N) is 2. The summed E-state index contributed by atoms with van der Waals surface area (Å²) >= 11 is 0. The number of esters is 1. The van der Waals surface area contributed by atoms with Crippen LogP contribution in [-0.4, -0.2) is 38.1 Å². The van der Waals surface area contributed by atoms with E-state index >= 15 is 0 Å². The second-order valence-electron chi connectivity index (χ2n) is 5.88. The molecule has 2 rings (SSSR count). The van der Waals surface area contributed by atoms with Crippen molar-refractivity contribution in [3.8, 4) is 0 Å². The topological polar surface area (TPSA) is 59.8 Å². The summed E-state index contributed by atoms with van der Waals surface area (Å²) in [5.41, 5.74) is 0.859. The van der Waals surface area contributed by atoms with E-state index < -0.39 is 0 Å². The quantitative estimate of drug-likeness (QED) is 0.740. The Morgan fingerprint density at radius 2 is 2.09 bits per heavy atom. The molecule has 0 aliphatic carbocycles. The smallest absolute Gasteiger partial charge is 0.314 e. The molecule has 23 heavy (non-hydrogen) atoms. The van der Waals surface area contributed by atoms with Gasteiger partial charge in [0.15, 0.2) is 6.54 Å². The fraction of sp³-hybridized carbons (Fsp3) is 0.529. The molecule has 2 atom stereocenters. The Labute approximate surface area is 135 Å². The van der Waals surface area contributed by atoms with Crippen molar-refractivity contribution < 1.29 is 23.6 Å². The Balaban J connectivity index is 1.76. The molecule has 0 spiro atoms. The van der Waals surface area contributed by atoms with Gasteiger partial charge >= 0.3 is 5.97 Å². The molecule has 1 aromatic carbocycles. The number of halogens is 1. The highest BCUT2D eigenvalue weighted by molar-refractivity contribution is 5.77. The van der Waals surface area contributed by atoms with Crippen LogP contribution in [0.1, 0.15) is 25.3 Å². The predicted octanol–water partition coefficient (Wildman–Crippen LogP) is 0.300. The molecule has 0 aromatic heterocycles. The lowest BCUT2D eigenvalue weighted by molar-refractivity contribution is -0.899. The Bertz CT molecular complexity index is 533. The van der Waals surface area contributed by atoms with Gasteiger partial charge in [-0.1, -0.05) is 12.1 Å². The fourth-order valence-electron chi connectivity index (χ4n) is 2.87. The lowest BCUT2D eigenvalue weighted by Gasteiger charge is -2.28. The molecule has 0 saturated carbocycles. The first-order valence-corrected chi connectivity index (χ1v) is 8.09. The van der Waals surface area contributed by atoms with Gasteiger partial charge in [-0.15, -0.1) is 0 Å². The van der Waals surface area contributed by atoms with Crippen LogP contribution in [0.25, 0.3) is 0 Å². The molecule has 1 amide bonds. The van der Waals surface area contributed by atoms with Crippen molar-refractivity contribution in [1.82, 2.24) is 5.32 Å². The molecule has 126 valence electrons. The van der Waals surface area contributed by atoms with E-state index in [-0.39, 0.29) is 23.6 Å². The van der Waals surface area contributed by atoms with Crippen LogP contribution < -0.4 is 10.2 Å². The molecule has 0 bridgehead atoms. The van der Waals surface area contributed by atoms with Crippen molar-refractivity contribution in [2.75, 3.05) is 26.2 Å². The van der Waals surface area contributed by atoms with E-state index in [1.54, 1.807) is 19.1 Å². The van der Waals surface area contributed by atoms with Crippen LogP contribution in [-0.2, 0) is 20.9 Å². The van der Waals surface area contributed by atoms with Gasteiger partial charge < -0.3 is 15.0 Å². The number of likely N-dealkylation sites (tertiary alicyclic amines) is 1. The van der Waals surface area contributed by atoms with Crippen molar-refractivity contribution in [2.45, 2.75) is 26.3 Å². The van der Waals surface area contributed by atoms with Crippen molar-refractivity contribution in [3.63, 3.8) is 0 Å². The van der Waals surface area contributed by atoms with Crippen LogP contribution in [0.3, 0.4) is 0 Å². The van der Waals surface area contributed by atoms with E-state index in [1.807, 2.05) is 0 Å². The summed E-state index contributed by atoms with van der Waals surface area (Å²) in [6.45, 7) is 4.45. The van der Waals surface area contributed by atoms with E-state index in [0.29, 0.717) is 26.2 Å². The van der Waals surface area contributed by atoms with Crippen molar-refractivity contribution in [3.05, 3.63) is 35.6 Å². The molecule has 0 radical (unpaired) electrons.